The van der Waals surface area contributed by atoms with Gasteiger partial charge in [-0.1, -0.05) is 0 Å². The molecule has 2 heterocycles. The molecule has 0 saturated heterocycles. The van der Waals surface area contributed by atoms with E-state index >= 15 is 0 Å². The molecule has 0 radical (unpaired) electrons. The fraction of sp³-hybridized carbons (Fsp3) is 0.333. The first-order valence-corrected chi connectivity index (χ1v) is 6.21. The predicted octanol–water partition coefficient (Wildman–Crippen LogP) is 2.70. The van der Waals surface area contributed by atoms with Crippen molar-refractivity contribution in [3.05, 3.63) is 28.2 Å². The summed E-state index contributed by atoms with van der Waals surface area (Å²) in [4.78, 5) is 10.1. The Bertz CT molecular complexity index is 510. The molecule has 0 amide bonds. The molecule has 90 valence electrons. The standard InChI is InChI=1S/C12H15N3OS/c1-8-4-9(7-17-8)10-5-11(13-2)15-12(14-10)6-16-3/h4-5,7H,6H2,1-3H3,(H,13,14,15). The number of aromatic nitrogens is 2. The summed E-state index contributed by atoms with van der Waals surface area (Å²) >= 11 is 1.72. The number of nitrogens with zero attached hydrogens (tertiary/aromatic N) is 2. The maximum Gasteiger partial charge on any atom is 0.157 e. The van der Waals surface area contributed by atoms with Gasteiger partial charge in [-0.15, -0.1) is 11.3 Å². The molecule has 0 atom stereocenters. The number of hydrogen-bond donors (Lipinski definition) is 1. The summed E-state index contributed by atoms with van der Waals surface area (Å²) in [5, 5.41) is 5.14. The van der Waals surface area contributed by atoms with Gasteiger partial charge in [-0.25, -0.2) is 9.97 Å². The van der Waals surface area contributed by atoms with E-state index in [1.165, 1.54) is 4.88 Å². The van der Waals surface area contributed by atoms with Gasteiger partial charge in [0.15, 0.2) is 5.82 Å². The van der Waals surface area contributed by atoms with Gasteiger partial charge in [0.05, 0.1) is 5.69 Å². The van der Waals surface area contributed by atoms with E-state index in [9.17, 15) is 0 Å². The number of anilines is 1. The number of hydrogen-bond acceptors (Lipinski definition) is 5. The minimum atomic E-state index is 0.422. The summed E-state index contributed by atoms with van der Waals surface area (Å²) in [5.41, 5.74) is 2.06. The van der Waals surface area contributed by atoms with Crippen molar-refractivity contribution < 1.29 is 4.74 Å². The van der Waals surface area contributed by atoms with Gasteiger partial charge in [-0.3, -0.25) is 0 Å². The molecule has 2 rings (SSSR count). The molecule has 0 aliphatic carbocycles. The fourth-order valence-electron chi connectivity index (χ4n) is 1.54. The van der Waals surface area contributed by atoms with E-state index in [4.69, 9.17) is 4.74 Å². The Hall–Kier alpha value is -1.46. The van der Waals surface area contributed by atoms with Crippen LogP contribution in [0.1, 0.15) is 10.7 Å². The SMILES string of the molecule is CNc1cc(-c2csc(C)c2)nc(COC)n1. The van der Waals surface area contributed by atoms with E-state index < -0.39 is 0 Å². The summed E-state index contributed by atoms with van der Waals surface area (Å²) in [5.74, 6) is 1.50. The van der Waals surface area contributed by atoms with Crippen LogP contribution in [0.2, 0.25) is 0 Å². The van der Waals surface area contributed by atoms with E-state index in [0.717, 1.165) is 17.1 Å². The Morgan fingerprint density at radius 2 is 2.18 bits per heavy atom. The first-order valence-electron chi connectivity index (χ1n) is 5.33. The molecule has 0 fully saturated rings. The van der Waals surface area contributed by atoms with Crippen molar-refractivity contribution in [3.8, 4) is 11.3 Å². The van der Waals surface area contributed by atoms with Gasteiger partial charge < -0.3 is 10.1 Å². The average molecular weight is 249 g/mol. The van der Waals surface area contributed by atoms with Crippen molar-refractivity contribution in [3.63, 3.8) is 0 Å². The largest absolute Gasteiger partial charge is 0.377 e. The summed E-state index contributed by atoms with van der Waals surface area (Å²) in [7, 11) is 3.49. The number of ether oxygens (including phenoxy) is 1. The maximum atomic E-state index is 5.07. The third-order valence-electron chi connectivity index (χ3n) is 2.33. The van der Waals surface area contributed by atoms with Crippen molar-refractivity contribution in [2.24, 2.45) is 0 Å². The van der Waals surface area contributed by atoms with Crippen LogP contribution in [-0.2, 0) is 11.3 Å². The molecule has 0 bridgehead atoms. The molecule has 2 aromatic rings. The van der Waals surface area contributed by atoms with E-state index in [1.807, 2.05) is 13.1 Å². The second kappa shape index (κ2) is 5.25. The summed E-state index contributed by atoms with van der Waals surface area (Å²) in [6.07, 6.45) is 0. The lowest BCUT2D eigenvalue weighted by Crippen LogP contribution is -2.02. The van der Waals surface area contributed by atoms with Crippen molar-refractivity contribution >= 4 is 17.2 Å². The highest BCUT2D eigenvalue weighted by Crippen LogP contribution is 2.25. The van der Waals surface area contributed by atoms with E-state index in [1.54, 1.807) is 18.4 Å². The molecule has 0 aliphatic rings. The van der Waals surface area contributed by atoms with Crippen LogP contribution in [0.4, 0.5) is 5.82 Å². The zero-order valence-electron chi connectivity index (χ0n) is 10.2. The van der Waals surface area contributed by atoms with E-state index in [0.29, 0.717) is 12.4 Å². The highest BCUT2D eigenvalue weighted by atomic mass is 32.1. The van der Waals surface area contributed by atoms with Crippen molar-refractivity contribution in [1.29, 1.82) is 0 Å². The van der Waals surface area contributed by atoms with Crippen LogP contribution in [0.5, 0.6) is 0 Å². The lowest BCUT2D eigenvalue weighted by atomic mass is 10.2. The van der Waals surface area contributed by atoms with Crippen molar-refractivity contribution in [2.75, 3.05) is 19.5 Å². The molecule has 0 aliphatic heterocycles. The first kappa shape index (κ1) is 12.0. The van der Waals surface area contributed by atoms with Crippen LogP contribution < -0.4 is 5.32 Å². The van der Waals surface area contributed by atoms with Crippen LogP contribution in [0, 0.1) is 6.92 Å². The molecule has 0 spiro atoms. The van der Waals surface area contributed by atoms with Gasteiger partial charge in [0.2, 0.25) is 0 Å². The monoisotopic (exact) mass is 249 g/mol. The molecule has 2 aromatic heterocycles. The molecular weight excluding hydrogens is 234 g/mol. The number of nitrogens with one attached hydrogen (secondary N) is 1. The summed E-state index contributed by atoms with van der Waals surface area (Å²) in [6, 6.07) is 4.07. The lowest BCUT2D eigenvalue weighted by molar-refractivity contribution is 0.178. The zero-order valence-corrected chi connectivity index (χ0v) is 11.0. The third-order valence-corrected chi connectivity index (χ3v) is 3.19. The molecular formula is C12H15N3OS. The smallest absolute Gasteiger partial charge is 0.157 e. The Kier molecular flexibility index (Phi) is 3.71. The topological polar surface area (TPSA) is 47.0 Å². The zero-order chi connectivity index (χ0) is 12.3. The van der Waals surface area contributed by atoms with Crippen LogP contribution >= 0.6 is 11.3 Å². The molecule has 5 heteroatoms. The van der Waals surface area contributed by atoms with Gasteiger partial charge in [0.25, 0.3) is 0 Å². The summed E-state index contributed by atoms with van der Waals surface area (Å²) < 4.78 is 5.07. The van der Waals surface area contributed by atoms with Gasteiger partial charge >= 0.3 is 0 Å². The minimum absolute atomic E-state index is 0.422. The van der Waals surface area contributed by atoms with Gasteiger partial charge in [0.1, 0.15) is 12.4 Å². The Morgan fingerprint density at radius 3 is 2.76 bits per heavy atom. The Balaban J connectivity index is 2.42. The minimum Gasteiger partial charge on any atom is -0.377 e. The second-order valence-corrected chi connectivity index (χ2v) is 4.80. The molecule has 0 unspecified atom stereocenters. The highest BCUT2D eigenvalue weighted by molar-refractivity contribution is 7.10. The highest BCUT2D eigenvalue weighted by Gasteiger charge is 2.07. The molecule has 0 aromatic carbocycles. The quantitative estimate of drug-likeness (QED) is 0.905. The van der Waals surface area contributed by atoms with E-state index in [2.05, 4.69) is 33.7 Å². The third kappa shape index (κ3) is 2.81. The van der Waals surface area contributed by atoms with Gasteiger partial charge in [-0.2, -0.15) is 0 Å². The average Bonchev–Trinajstić information content (AvgIpc) is 2.76. The number of aryl methyl sites for hydroxylation is 1. The Morgan fingerprint density at radius 1 is 1.35 bits per heavy atom. The summed E-state index contributed by atoms with van der Waals surface area (Å²) in [6.45, 7) is 2.51. The van der Waals surface area contributed by atoms with Crippen LogP contribution in [0.15, 0.2) is 17.5 Å². The number of rotatable bonds is 4. The maximum absolute atomic E-state index is 5.07. The lowest BCUT2D eigenvalue weighted by Gasteiger charge is -2.06. The van der Waals surface area contributed by atoms with Gasteiger partial charge in [-0.05, 0) is 13.0 Å². The van der Waals surface area contributed by atoms with E-state index in [-0.39, 0.29) is 0 Å². The number of thiophene rings is 1. The van der Waals surface area contributed by atoms with Crippen molar-refractivity contribution in [1.82, 2.24) is 9.97 Å². The first-order chi connectivity index (χ1) is 8.22. The second-order valence-electron chi connectivity index (χ2n) is 3.68. The fourth-order valence-corrected chi connectivity index (χ4v) is 2.24. The molecule has 1 N–H and O–H groups in total. The predicted molar refractivity (Wildman–Crippen MR) is 70.3 cm³/mol. The van der Waals surface area contributed by atoms with Gasteiger partial charge in [0, 0.05) is 36.0 Å². The molecule has 0 saturated carbocycles. The van der Waals surface area contributed by atoms with Crippen LogP contribution in [-0.4, -0.2) is 24.1 Å². The van der Waals surface area contributed by atoms with Crippen molar-refractivity contribution in [2.45, 2.75) is 13.5 Å². The van der Waals surface area contributed by atoms with Crippen LogP contribution in [0.3, 0.4) is 0 Å². The number of methoxy groups -OCH3 is 1. The Labute approximate surface area is 105 Å². The van der Waals surface area contributed by atoms with Crippen LogP contribution in [0.25, 0.3) is 11.3 Å². The molecule has 4 nitrogen and oxygen atoms in total. The molecule has 17 heavy (non-hydrogen) atoms. The normalized spacial score (nSPS) is 10.5.